The SMILES string of the molecule is COc1ccc(CC[C@@H](C)[NH2+]CCC(c2ccccc2)c2ccccc2)c(OC)c1. The maximum absolute atomic E-state index is 5.54. The molecule has 3 aromatic rings. The van der Waals surface area contributed by atoms with Crippen molar-refractivity contribution in [3.8, 4) is 11.5 Å². The molecule has 30 heavy (non-hydrogen) atoms. The van der Waals surface area contributed by atoms with E-state index in [4.69, 9.17) is 9.47 Å². The van der Waals surface area contributed by atoms with Crippen molar-refractivity contribution in [3.63, 3.8) is 0 Å². The van der Waals surface area contributed by atoms with E-state index in [1.54, 1.807) is 14.2 Å². The first-order valence-electron chi connectivity index (χ1n) is 10.9. The molecule has 1 atom stereocenters. The highest BCUT2D eigenvalue weighted by atomic mass is 16.5. The number of aryl methyl sites for hydroxylation is 1. The Balaban J connectivity index is 1.54. The zero-order chi connectivity index (χ0) is 21.2. The Labute approximate surface area is 181 Å². The standard InChI is InChI=1S/C27H33NO2/c1-21(14-15-24-16-17-25(29-2)20-27(24)30-3)28-19-18-26(22-10-6-4-7-11-22)23-12-8-5-9-13-23/h4-13,16-17,20-21,26,28H,14-15,18-19H2,1-3H3/p+1/t21-/m1/s1. The molecule has 3 nitrogen and oxygen atoms in total. The number of ether oxygens (including phenoxy) is 2. The molecule has 0 fully saturated rings. The first kappa shape index (κ1) is 21.9. The lowest BCUT2D eigenvalue weighted by Gasteiger charge is -2.19. The van der Waals surface area contributed by atoms with Gasteiger partial charge in [-0.15, -0.1) is 0 Å². The predicted octanol–water partition coefficient (Wildman–Crippen LogP) is 4.81. The minimum Gasteiger partial charge on any atom is -0.497 e. The Morgan fingerprint density at radius 3 is 1.97 bits per heavy atom. The molecular weight excluding hydrogens is 370 g/mol. The molecule has 0 unspecified atom stereocenters. The van der Waals surface area contributed by atoms with Gasteiger partial charge >= 0.3 is 0 Å². The van der Waals surface area contributed by atoms with Gasteiger partial charge in [-0.05, 0) is 36.1 Å². The topological polar surface area (TPSA) is 35.1 Å². The van der Waals surface area contributed by atoms with Crippen molar-refractivity contribution in [3.05, 3.63) is 95.6 Å². The van der Waals surface area contributed by atoms with Gasteiger partial charge < -0.3 is 14.8 Å². The van der Waals surface area contributed by atoms with Crippen LogP contribution in [0.25, 0.3) is 0 Å². The molecule has 0 amide bonds. The van der Waals surface area contributed by atoms with Crippen molar-refractivity contribution in [2.45, 2.75) is 38.1 Å². The van der Waals surface area contributed by atoms with E-state index in [2.05, 4.69) is 79.0 Å². The highest BCUT2D eigenvalue weighted by molar-refractivity contribution is 5.40. The van der Waals surface area contributed by atoms with Crippen LogP contribution in [0, 0.1) is 0 Å². The molecular formula is C27H34NO2+. The van der Waals surface area contributed by atoms with Crippen LogP contribution in [-0.4, -0.2) is 26.8 Å². The molecule has 2 N–H and O–H groups in total. The average Bonchev–Trinajstić information content (AvgIpc) is 2.81. The summed E-state index contributed by atoms with van der Waals surface area (Å²) in [4.78, 5) is 0. The number of nitrogens with two attached hydrogens (primary N) is 1. The summed E-state index contributed by atoms with van der Waals surface area (Å²) in [5.41, 5.74) is 4.03. The van der Waals surface area contributed by atoms with Crippen LogP contribution >= 0.6 is 0 Å². The normalized spacial score (nSPS) is 12.0. The summed E-state index contributed by atoms with van der Waals surface area (Å²) in [6.45, 7) is 3.42. The summed E-state index contributed by atoms with van der Waals surface area (Å²) in [7, 11) is 3.41. The van der Waals surface area contributed by atoms with Gasteiger partial charge in [0.05, 0.1) is 26.8 Å². The van der Waals surface area contributed by atoms with Crippen LogP contribution in [0.15, 0.2) is 78.9 Å². The van der Waals surface area contributed by atoms with Gasteiger partial charge in [0.1, 0.15) is 11.5 Å². The van der Waals surface area contributed by atoms with E-state index in [1.165, 1.54) is 16.7 Å². The van der Waals surface area contributed by atoms with Gasteiger partial charge in [0.25, 0.3) is 0 Å². The maximum atomic E-state index is 5.54. The molecule has 3 rings (SSSR count). The first-order valence-corrected chi connectivity index (χ1v) is 10.9. The quantitative estimate of drug-likeness (QED) is 0.498. The van der Waals surface area contributed by atoms with E-state index in [9.17, 15) is 0 Å². The fourth-order valence-electron chi connectivity index (χ4n) is 4.00. The molecule has 0 spiro atoms. The molecule has 0 radical (unpaired) electrons. The highest BCUT2D eigenvalue weighted by Gasteiger charge is 2.16. The van der Waals surface area contributed by atoms with Crippen molar-refractivity contribution >= 4 is 0 Å². The number of rotatable bonds is 11. The fourth-order valence-corrected chi connectivity index (χ4v) is 4.00. The smallest absolute Gasteiger partial charge is 0.125 e. The maximum Gasteiger partial charge on any atom is 0.125 e. The van der Waals surface area contributed by atoms with Gasteiger partial charge in [-0.2, -0.15) is 0 Å². The molecule has 0 saturated carbocycles. The van der Waals surface area contributed by atoms with Crippen molar-refractivity contribution in [1.29, 1.82) is 0 Å². The fraction of sp³-hybridized carbons (Fsp3) is 0.333. The van der Waals surface area contributed by atoms with Crippen LogP contribution in [0.3, 0.4) is 0 Å². The Bertz CT molecular complexity index is 840. The van der Waals surface area contributed by atoms with E-state index >= 15 is 0 Å². The second-order valence-electron chi connectivity index (χ2n) is 7.88. The van der Waals surface area contributed by atoms with E-state index in [-0.39, 0.29) is 0 Å². The van der Waals surface area contributed by atoms with Gasteiger partial charge in [-0.1, -0.05) is 66.7 Å². The Hall–Kier alpha value is -2.78. The summed E-state index contributed by atoms with van der Waals surface area (Å²) < 4.78 is 10.8. The van der Waals surface area contributed by atoms with Crippen molar-refractivity contribution < 1.29 is 14.8 Å². The minimum atomic E-state index is 0.442. The highest BCUT2D eigenvalue weighted by Crippen LogP contribution is 2.27. The van der Waals surface area contributed by atoms with Crippen molar-refractivity contribution in [1.82, 2.24) is 0 Å². The molecule has 3 heteroatoms. The molecule has 0 aliphatic heterocycles. The van der Waals surface area contributed by atoms with E-state index in [1.807, 2.05) is 12.1 Å². The van der Waals surface area contributed by atoms with Crippen LogP contribution in [-0.2, 0) is 6.42 Å². The third kappa shape index (κ3) is 6.11. The van der Waals surface area contributed by atoms with E-state index in [0.717, 1.165) is 37.3 Å². The molecule has 0 saturated heterocycles. The van der Waals surface area contributed by atoms with Gasteiger partial charge in [0.15, 0.2) is 0 Å². The summed E-state index contributed by atoms with van der Waals surface area (Å²) >= 11 is 0. The van der Waals surface area contributed by atoms with Gasteiger partial charge in [0, 0.05) is 24.8 Å². The molecule has 0 bridgehead atoms. The monoisotopic (exact) mass is 404 g/mol. The summed E-state index contributed by atoms with van der Waals surface area (Å²) in [5.74, 6) is 2.19. The number of quaternary nitrogens is 1. The Morgan fingerprint density at radius 1 is 0.767 bits per heavy atom. The minimum absolute atomic E-state index is 0.442. The lowest BCUT2D eigenvalue weighted by atomic mass is 9.88. The Morgan fingerprint density at radius 2 is 1.40 bits per heavy atom. The van der Waals surface area contributed by atoms with Crippen molar-refractivity contribution in [2.75, 3.05) is 20.8 Å². The number of hydrogen-bond donors (Lipinski definition) is 1. The second-order valence-corrected chi connectivity index (χ2v) is 7.88. The molecule has 158 valence electrons. The first-order chi connectivity index (χ1) is 14.7. The second kappa shape index (κ2) is 11.4. The van der Waals surface area contributed by atoms with Crippen LogP contribution in [0.1, 0.15) is 42.4 Å². The lowest BCUT2D eigenvalue weighted by molar-refractivity contribution is -0.687. The molecule has 0 aliphatic rings. The molecule has 0 aromatic heterocycles. The zero-order valence-electron chi connectivity index (χ0n) is 18.4. The molecule has 0 heterocycles. The summed E-state index contributed by atoms with van der Waals surface area (Å²) in [6, 6.07) is 28.4. The molecule has 3 aromatic carbocycles. The van der Waals surface area contributed by atoms with Crippen molar-refractivity contribution in [2.24, 2.45) is 0 Å². The largest absolute Gasteiger partial charge is 0.497 e. The van der Waals surface area contributed by atoms with Crippen LogP contribution < -0.4 is 14.8 Å². The van der Waals surface area contributed by atoms with Gasteiger partial charge in [-0.25, -0.2) is 0 Å². The third-order valence-corrected chi connectivity index (χ3v) is 5.79. The molecule has 0 aliphatic carbocycles. The number of benzene rings is 3. The summed E-state index contributed by atoms with van der Waals surface area (Å²) in [5, 5.41) is 2.48. The predicted molar refractivity (Wildman–Crippen MR) is 123 cm³/mol. The summed E-state index contributed by atoms with van der Waals surface area (Å²) in [6.07, 6.45) is 3.25. The number of methoxy groups -OCH3 is 2. The van der Waals surface area contributed by atoms with Gasteiger partial charge in [-0.3, -0.25) is 0 Å². The Kier molecular flexibility index (Phi) is 8.34. The number of hydrogen-bond acceptors (Lipinski definition) is 2. The third-order valence-electron chi connectivity index (χ3n) is 5.79. The van der Waals surface area contributed by atoms with E-state index < -0.39 is 0 Å². The van der Waals surface area contributed by atoms with Crippen LogP contribution in [0.2, 0.25) is 0 Å². The van der Waals surface area contributed by atoms with E-state index in [0.29, 0.717) is 12.0 Å². The lowest BCUT2D eigenvalue weighted by Crippen LogP contribution is -2.89. The van der Waals surface area contributed by atoms with Crippen LogP contribution in [0.5, 0.6) is 11.5 Å². The zero-order valence-corrected chi connectivity index (χ0v) is 18.4. The average molecular weight is 405 g/mol. The van der Waals surface area contributed by atoms with Crippen LogP contribution in [0.4, 0.5) is 0 Å². The van der Waals surface area contributed by atoms with Gasteiger partial charge in [0.2, 0.25) is 0 Å².